The van der Waals surface area contributed by atoms with Gasteiger partial charge in [0.25, 0.3) is 5.91 Å². The molecule has 0 saturated heterocycles. The van der Waals surface area contributed by atoms with Gasteiger partial charge in [0.1, 0.15) is 0 Å². The second kappa shape index (κ2) is 5.56. The molecule has 0 spiro atoms. The number of anilines is 1. The number of halogens is 1. The number of hydrogen-bond acceptors (Lipinski definition) is 1. The van der Waals surface area contributed by atoms with Gasteiger partial charge in [-0.15, -0.1) is 0 Å². The monoisotopic (exact) mass is 319 g/mol. The van der Waals surface area contributed by atoms with Crippen LogP contribution in [-0.4, -0.2) is 5.91 Å². The first-order valence-electron chi connectivity index (χ1n) is 7.48. The molecular weight excluding hydrogens is 306 g/mol. The zero-order valence-electron chi connectivity index (χ0n) is 12.4. The van der Waals surface area contributed by atoms with Crippen LogP contribution in [0.2, 0.25) is 5.02 Å². The van der Waals surface area contributed by atoms with Crippen molar-refractivity contribution < 1.29 is 4.79 Å². The van der Waals surface area contributed by atoms with Crippen LogP contribution in [0.3, 0.4) is 0 Å². The Morgan fingerprint density at radius 1 is 0.826 bits per heavy atom. The van der Waals surface area contributed by atoms with Gasteiger partial charge in [-0.25, -0.2) is 0 Å². The highest BCUT2D eigenvalue weighted by molar-refractivity contribution is 6.30. The van der Waals surface area contributed by atoms with E-state index < -0.39 is 0 Å². The summed E-state index contributed by atoms with van der Waals surface area (Å²) in [5.74, 6) is 0.0435. The number of nitrogens with zero attached hydrogens (tertiary/aromatic N) is 1. The van der Waals surface area contributed by atoms with Crippen LogP contribution in [0.1, 0.15) is 15.9 Å². The second-order valence-electron chi connectivity index (χ2n) is 5.61. The number of carbonyl (C=O) groups excluding carboxylic acids is 1. The minimum Gasteiger partial charge on any atom is -0.304 e. The molecule has 0 bridgehead atoms. The Morgan fingerprint density at radius 2 is 1.57 bits per heavy atom. The van der Waals surface area contributed by atoms with Gasteiger partial charge in [0.2, 0.25) is 0 Å². The fourth-order valence-corrected chi connectivity index (χ4v) is 3.09. The molecule has 0 fully saturated rings. The van der Waals surface area contributed by atoms with Crippen LogP contribution in [0.25, 0.3) is 11.1 Å². The summed E-state index contributed by atoms with van der Waals surface area (Å²) in [6.07, 6.45) is 0. The zero-order valence-corrected chi connectivity index (χ0v) is 13.1. The van der Waals surface area contributed by atoms with Gasteiger partial charge >= 0.3 is 0 Å². The molecular formula is C20H14ClNO. The van der Waals surface area contributed by atoms with E-state index >= 15 is 0 Å². The highest BCUT2D eigenvalue weighted by atomic mass is 35.5. The fourth-order valence-electron chi connectivity index (χ4n) is 2.96. The third-order valence-corrected chi connectivity index (χ3v) is 4.41. The molecule has 2 nitrogen and oxygen atoms in total. The minimum absolute atomic E-state index is 0.0435. The van der Waals surface area contributed by atoms with Gasteiger partial charge in [-0.2, -0.15) is 0 Å². The summed E-state index contributed by atoms with van der Waals surface area (Å²) in [5.41, 5.74) is 5.01. The lowest BCUT2D eigenvalue weighted by atomic mass is 10.0. The second-order valence-corrected chi connectivity index (χ2v) is 6.04. The van der Waals surface area contributed by atoms with Crippen molar-refractivity contribution in [1.29, 1.82) is 0 Å². The van der Waals surface area contributed by atoms with Crippen LogP contribution in [-0.2, 0) is 6.54 Å². The first-order valence-corrected chi connectivity index (χ1v) is 7.86. The molecule has 0 unspecified atom stereocenters. The van der Waals surface area contributed by atoms with Crippen molar-refractivity contribution >= 4 is 23.2 Å². The summed E-state index contributed by atoms with van der Waals surface area (Å²) in [4.78, 5) is 14.4. The molecule has 0 aromatic heterocycles. The van der Waals surface area contributed by atoms with E-state index in [9.17, 15) is 4.79 Å². The summed E-state index contributed by atoms with van der Waals surface area (Å²) in [7, 11) is 0. The van der Waals surface area contributed by atoms with Crippen LogP contribution in [0.5, 0.6) is 0 Å². The van der Waals surface area contributed by atoms with E-state index in [4.69, 9.17) is 11.6 Å². The quantitative estimate of drug-likeness (QED) is 0.638. The first kappa shape index (κ1) is 14.0. The fraction of sp³-hybridized carbons (Fsp3) is 0.0500. The number of hydrogen-bond donors (Lipinski definition) is 0. The predicted octanol–water partition coefficient (Wildman–Crippen LogP) is 5.17. The van der Waals surface area contributed by atoms with E-state index in [2.05, 4.69) is 18.2 Å². The van der Waals surface area contributed by atoms with Crippen molar-refractivity contribution in [2.75, 3.05) is 4.90 Å². The predicted molar refractivity (Wildman–Crippen MR) is 93.8 cm³/mol. The SMILES string of the molecule is O=C1c2ccc(-c3ccccc3)cc2CN1c1ccc(Cl)cc1. The molecule has 3 heteroatoms. The molecule has 3 aromatic rings. The summed E-state index contributed by atoms with van der Waals surface area (Å²) in [6.45, 7) is 0.594. The maximum Gasteiger partial charge on any atom is 0.258 e. The van der Waals surface area contributed by atoms with Crippen molar-refractivity contribution in [3.63, 3.8) is 0 Å². The number of carbonyl (C=O) groups is 1. The number of fused-ring (bicyclic) bond motifs is 1. The maximum absolute atomic E-state index is 12.6. The van der Waals surface area contributed by atoms with Gasteiger partial charge in [-0.3, -0.25) is 4.79 Å². The standard InChI is InChI=1S/C20H14ClNO/c21-17-7-9-18(10-8-17)22-13-16-12-15(6-11-19(16)20(22)23)14-4-2-1-3-5-14/h1-12H,13H2. The van der Waals surface area contributed by atoms with Crippen molar-refractivity contribution in [1.82, 2.24) is 0 Å². The van der Waals surface area contributed by atoms with Gasteiger partial charge in [0.05, 0.1) is 6.54 Å². The lowest BCUT2D eigenvalue weighted by Crippen LogP contribution is -2.22. The Hall–Kier alpha value is -2.58. The summed E-state index contributed by atoms with van der Waals surface area (Å²) in [6, 6.07) is 23.6. The molecule has 1 amide bonds. The van der Waals surface area contributed by atoms with Gasteiger partial charge in [0, 0.05) is 16.3 Å². The molecule has 0 radical (unpaired) electrons. The van der Waals surface area contributed by atoms with Crippen LogP contribution in [0.15, 0.2) is 72.8 Å². The Labute approximate surface area is 139 Å². The number of benzene rings is 3. The topological polar surface area (TPSA) is 20.3 Å². The molecule has 0 aliphatic carbocycles. The lowest BCUT2D eigenvalue weighted by Gasteiger charge is -2.15. The van der Waals surface area contributed by atoms with Gasteiger partial charge in [0.15, 0.2) is 0 Å². The Morgan fingerprint density at radius 3 is 2.30 bits per heavy atom. The molecule has 3 aromatic carbocycles. The Balaban J connectivity index is 1.70. The molecule has 4 rings (SSSR count). The number of rotatable bonds is 2. The Kier molecular flexibility index (Phi) is 3.40. The Bertz CT molecular complexity index is 872. The van der Waals surface area contributed by atoms with E-state index in [0.29, 0.717) is 11.6 Å². The summed E-state index contributed by atoms with van der Waals surface area (Å²) >= 11 is 5.93. The number of amides is 1. The maximum atomic E-state index is 12.6. The van der Waals surface area contributed by atoms with Crippen LogP contribution < -0.4 is 4.90 Å². The highest BCUT2D eigenvalue weighted by Crippen LogP contribution is 2.32. The molecule has 1 heterocycles. The van der Waals surface area contributed by atoms with Crippen molar-refractivity contribution in [3.8, 4) is 11.1 Å². The largest absolute Gasteiger partial charge is 0.304 e. The van der Waals surface area contributed by atoms with E-state index in [1.807, 2.05) is 54.6 Å². The third kappa shape index (κ3) is 2.51. The average molecular weight is 320 g/mol. The molecule has 0 atom stereocenters. The van der Waals surface area contributed by atoms with Crippen molar-refractivity contribution in [2.24, 2.45) is 0 Å². The average Bonchev–Trinajstić information content (AvgIpc) is 2.93. The van der Waals surface area contributed by atoms with Crippen molar-refractivity contribution in [2.45, 2.75) is 6.54 Å². The lowest BCUT2D eigenvalue weighted by molar-refractivity contribution is 0.0996. The zero-order chi connectivity index (χ0) is 15.8. The highest BCUT2D eigenvalue weighted by Gasteiger charge is 2.28. The van der Waals surface area contributed by atoms with E-state index in [1.54, 1.807) is 4.90 Å². The van der Waals surface area contributed by atoms with Crippen LogP contribution in [0, 0.1) is 0 Å². The van der Waals surface area contributed by atoms with Gasteiger partial charge in [-0.05, 0) is 53.1 Å². The molecule has 112 valence electrons. The smallest absolute Gasteiger partial charge is 0.258 e. The van der Waals surface area contributed by atoms with Gasteiger partial charge < -0.3 is 4.90 Å². The molecule has 23 heavy (non-hydrogen) atoms. The molecule has 0 N–H and O–H groups in total. The van der Waals surface area contributed by atoms with E-state index in [-0.39, 0.29) is 5.91 Å². The summed E-state index contributed by atoms with van der Waals surface area (Å²) < 4.78 is 0. The molecule has 1 aliphatic rings. The van der Waals surface area contributed by atoms with Crippen LogP contribution in [0.4, 0.5) is 5.69 Å². The van der Waals surface area contributed by atoms with E-state index in [0.717, 1.165) is 27.9 Å². The third-order valence-electron chi connectivity index (χ3n) is 4.15. The van der Waals surface area contributed by atoms with Crippen molar-refractivity contribution in [3.05, 3.63) is 88.9 Å². The van der Waals surface area contributed by atoms with Gasteiger partial charge in [-0.1, -0.05) is 48.0 Å². The minimum atomic E-state index is 0.0435. The molecule has 0 saturated carbocycles. The first-order chi connectivity index (χ1) is 11.2. The summed E-state index contributed by atoms with van der Waals surface area (Å²) in [5, 5.41) is 0.671. The van der Waals surface area contributed by atoms with Crippen LogP contribution >= 0.6 is 11.6 Å². The normalized spacial score (nSPS) is 13.3. The molecule has 1 aliphatic heterocycles. The van der Waals surface area contributed by atoms with E-state index in [1.165, 1.54) is 0 Å².